The van der Waals surface area contributed by atoms with Crippen molar-refractivity contribution in [3.63, 3.8) is 0 Å². The van der Waals surface area contributed by atoms with Crippen molar-refractivity contribution in [2.45, 2.75) is 20.3 Å². The van der Waals surface area contributed by atoms with Gasteiger partial charge in [0.05, 0.1) is 0 Å². The van der Waals surface area contributed by atoms with Crippen LogP contribution in [0.2, 0.25) is 0 Å². The molecule has 0 amide bonds. The number of ketones is 1. The normalized spacial score (nSPS) is 11.3. The maximum Gasteiger partial charge on any atom is 0.152 e. The van der Waals surface area contributed by atoms with Gasteiger partial charge in [-0.25, -0.2) is 0 Å². The molecule has 1 heteroatoms. The Labute approximate surface area is 56.1 Å². The topological polar surface area (TPSA) is 17.1 Å². The van der Waals surface area contributed by atoms with Crippen molar-refractivity contribution in [2.24, 2.45) is 0 Å². The third-order valence-corrected chi connectivity index (χ3v) is 0.814. The van der Waals surface area contributed by atoms with Crippen LogP contribution < -0.4 is 0 Å². The van der Waals surface area contributed by atoms with E-state index in [4.69, 9.17) is 0 Å². The summed E-state index contributed by atoms with van der Waals surface area (Å²) in [7, 11) is 0. The Balaban J connectivity index is 3.47. The van der Waals surface area contributed by atoms with Crippen LogP contribution >= 0.6 is 0 Å². The number of hydrogen-bond acceptors (Lipinski definition) is 1. The largest absolute Gasteiger partial charge is 0.295 e. The SMILES string of the molecule is CC/C=C/C=CC(C)=O. The molecule has 1 nitrogen and oxygen atoms in total. The first-order valence-corrected chi connectivity index (χ1v) is 3.11. The van der Waals surface area contributed by atoms with E-state index in [1.54, 1.807) is 12.2 Å². The Morgan fingerprint density at radius 1 is 1.44 bits per heavy atom. The standard InChI is InChI=1S/C8H12O/c1-3-4-5-6-7-8(2)9/h4-7H,3H2,1-2H3/b5-4+,7-6?. The van der Waals surface area contributed by atoms with E-state index >= 15 is 0 Å². The van der Waals surface area contributed by atoms with Gasteiger partial charge in [-0.05, 0) is 19.4 Å². The van der Waals surface area contributed by atoms with E-state index in [2.05, 4.69) is 6.92 Å². The van der Waals surface area contributed by atoms with E-state index in [0.29, 0.717) is 0 Å². The molecule has 0 aliphatic heterocycles. The molecule has 0 N–H and O–H groups in total. The van der Waals surface area contributed by atoms with Crippen LogP contribution in [0.3, 0.4) is 0 Å². The van der Waals surface area contributed by atoms with Gasteiger partial charge >= 0.3 is 0 Å². The van der Waals surface area contributed by atoms with Crippen LogP contribution in [0, 0.1) is 0 Å². The van der Waals surface area contributed by atoms with Crippen molar-refractivity contribution in [3.05, 3.63) is 24.3 Å². The predicted octanol–water partition coefficient (Wildman–Crippen LogP) is 2.10. The molecule has 0 aliphatic rings. The first-order chi connectivity index (χ1) is 4.27. The quantitative estimate of drug-likeness (QED) is 0.416. The number of carbonyl (C=O) groups excluding carboxylic acids is 1. The molecule has 0 fully saturated rings. The average molecular weight is 124 g/mol. The molecule has 0 aromatic heterocycles. The van der Waals surface area contributed by atoms with Crippen LogP contribution in [-0.2, 0) is 4.79 Å². The highest BCUT2D eigenvalue weighted by atomic mass is 16.1. The summed E-state index contributed by atoms with van der Waals surface area (Å²) >= 11 is 0. The maximum atomic E-state index is 10.3. The summed E-state index contributed by atoms with van der Waals surface area (Å²) in [5, 5.41) is 0. The summed E-state index contributed by atoms with van der Waals surface area (Å²) in [5.41, 5.74) is 0. The lowest BCUT2D eigenvalue weighted by atomic mass is 10.3. The van der Waals surface area contributed by atoms with Gasteiger partial charge in [0.2, 0.25) is 0 Å². The van der Waals surface area contributed by atoms with Crippen LogP contribution in [0.15, 0.2) is 24.3 Å². The van der Waals surface area contributed by atoms with Crippen molar-refractivity contribution >= 4 is 5.78 Å². The molecule has 9 heavy (non-hydrogen) atoms. The molecule has 0 saturated heterocycles. The first kappa shape index (κ1) is 8.15. The molecule has 0 heterocycles. The molecule has 50 valence electrons. The zero-order valence-corrected chi connectivity index (χ0v) is 5.92. The van der Waals surface area contributed by atoms with Crippen molar-refractivity contribution in [1.82, 2.24) is 0 Å². The second-order valence-electron chi connectivity index (χ2n) is 1.81. The van der Waals surface area contributed by atoms with Gasteiger partial charge in [-0.3, -0.25) is 4.79 Å². The lowest BCUT2D eigenvalue weighted by Gasteiger charge is -1.74. The van der Waals surface area contributed by atoms with E-state index in [9.17, 15) is 4.79 Å². The molecule has 0 atom stereocenters. The summed E-state index contributed by atoms with van der Waals surface area (Å²) in [6, 6.07) is 0. The van der Waals surface area contributed by atoms with Gasteiger partial charge in [-0.1, -0.05) is 25.2 Å². The minimum absolute atomic E-state index is 0.0933. The molecule has 0 saturated carbocycles. The number of hydrogen-bond donors (Lipinski definition) is 0. The van der Waals surface area contributed by atoms with Gasteiger partial charge in [-0.2, -0.15) is 0 Å². The van der Waals surface area contributed by atoms with E-state index in [0.717, 1.165) is 6.42 Å². The number of rotatable bonds is 3. The molecule has 0 radical (unpaired) electrons. The molecular weight excluding hydrogens is 112 g/mol. The fourth-order valence-corrected chi connectivity index (χ4v) is 0.406. The molecule has 0 rings (SSSR count). The summed E-state index contributed by atoms with van der Waals surface area (Å²) in [4.78, 5) is 10.3. The molecule has 0 unspecified atom stereocenters. The van der Waals surface area contributed by atoms with Crippen molar-refractivity contribution in [2.75, 3.05) is 0 Å². The third-order valence-electron chi connectivity index (χ3n) is 0.814. The molecular formula is C8H12O. The molecule has 0 spiro atoms. The van der Waals surface area contributed by atoms with Crippen LogP contribution in [-0.4, -0.2) is 5.78 Å². The minimum Gasteiger partial charge on any atom is -0.295 e. The fourth-order valence-electron chi connectivity index (χ4n) is 0.406. The fraction of sp³-hybridized carbons (Fsp3) is 0.375. The van der Waals surface area contributed by atoms with Crippen molar-refractivity contribution in [1.29, 1.82) is 0 Å². The Kier molecular flexibility index (Phi) is 4.79. The molecule has 0 bridgehead atoms. The zero-order chi connectivity index (χ0) is 7.11. The highest BCUT2D eigenvalue weighted by Gasteiger charge is 1.75. The van der Waals surface area contributed by atoms with Crippen LogP contribution in [0.5, 0.6) is 0 Å². The highest BCUT2D eigenvalue weighted by Crippen LogP contribution is 1.81. The van der Waals surface area contributed by atoms with Gasteiger partial charge in [0.15, 0.2) is 5.78 Å². The Bertz CT molecular complexity index is 132. The third kappa shape index (κ3) is 7.15. The number of carbonyl (C=O) groups is 1. The smallest absolute Gasteiger partial charge is 0.152 e. The van der Waals surface area contributed by atoms with Crippen LogP contribution in [0.4, 0.5) is 0 Å². The Hall–Kier alpha value is -0.850. The highest BCUT2D eigenvalue weighted by molar-refractivity contribution is 5.87. The molecule has 0 aromatic rings. The summed E-state index contributed by atoms with van der Waals surface area (Å²) in [6.07, 6.45) is 8.20. The minimum atomic E-state index is 0.0933. The monoisotopic (exact) mass is 124 g/mol. The molecule has 0 aliphatic carbocycles. The Morgan fingerprint density at radius 2 is 2.11 bits per heavy atom. The van der Waals surface area contributed by atoms with E-state index in [1.165, 1.54) is 6.92 Å². The first-order valence-electron chi connectivity index (χ1n) is 3.11. The van der Waals surface area contributed by atoms with Gasteiger partial charge in [0, 0.05) is 0 Å². The van der Waals surface area contributed by atoms with E-state index < -0.39 is 0 Å². The second-order valence-corrected chi connectivity index (χ2v) is 1.81. The lowest BCUT2D eigenvalue weighted by Crippen LogP contribution is -1.77. The van der Waals surface area contributed by atoms with E-state index in [1.807, 2.05) is 12.2 Å². The maximum absolute atomic E-state index is 10.3. The predicted molar refractivity (Wildman–Crippen MR) is 39.3 cm³/mol. The van der Waals surface area contributed by atoms with Gasteiger partial charge < -0.3 is 0 Å². The average Bonchev–Trinajstić information content (AvgIpc) is 1.80. The van der Waals surface area contributed by atoms with Crippen LogP contribution in [0.1, 0.15) is 20.3 Å². The zero-order valence-electron chi connectivity index (χ0n) is 5.92. The summed E-state index contributed by atoms with van der Waals surface area (Å²) in [5.74, 6) is 0.0933. The summed E-state index contributed by atoms with van der Waals surface area (Å²) < 4.78 is 0. The second kappa shape index (κ2) is 5.29. The Morgan fingerprint density at radius 3 is 2.56 bits per heavy atom. The lowest BCUT2D eigenvalue weighted by molar-refractivity contribution is -0.112. The summed E-state index contributed by atoms with van der Waals surface area (Å²) in [6.45, 7) is 3.59. The van der Waals surface area contributed by atoms with Crippen molar-refractivity contribution in [3.8, 4) is 0 Å². The van der Waals surface area contributed by atoms with Gasteiger partial charge in [0.25, 0.3) is 0 Å². The molecule has 0 aromatic carbocycles. The van der Waals surface area contributed by atoms with Crippen LogP contribution in [0.25, 0.3) is 0 Å². The van der Waals surface area contributed by atoms with E-state index in [-0.39, 0.29) is 5.78 Å². The van der Waals surface area contributed by atoms with Gasteiger partial charge in [-0.15, -0.1) is 0 Å². The van der Waals surface area contributed by atoms with Gasteiger partial charge in [0.1, 0.15) is 0 Å². The number of allylic oxidation sites excluding steroid dienone is 4. The van der Waals surface area contributed by atoms with Crippen molar-refractivity contribution < 1.29 is 4.79 Å².